The molecule has 23 heavy (non-hydrogen) atoms. The molecule has 1 heterocycles. The molecule has 0 aromatic rings. The van der Waals surface area contributed by atoms with Gasteiger partial charge in [0.2, 0.25) is 0 Å². The van der Waals surface area contributed by atoms with Crippen molar-refractivity contribution in [3.05, 3.63) is 0 Å². The van der Waals surface area contributed by atoms with E-state index in [4.69, 9.17) is 9.47 Å². The molecule has 134 valence electrons. The van der Waals surface area contributed by atoms with Gasteiger partial charge in [-0.3, -0.25) is 4.79 Å². The number of esters is 1. The van der Waals surface area contributed by atoms with Crippen molar-refractivity contribution < 1.29 is 19.1 Å². The fourth-order valence-corrected chi connectivity index (χ4v) is 2.51. The van der Waals surface area contributed by atoms with Crippen molar-refractivity contribution in [2.24, 2.45) is 17.3 Å². The zero-order chi connectivity index (χ0) is 17.6. The standard InChI is InChI=1S/C17H32N2O4/c1-12(2)8-18-14-7-13(15(20)22-6)9-19(10-14)16(21)23-11-17(3,4)5/h12-14,18H,7-11H2,1-6H3/t13-,14+/m1/s1. The fraction of sp³-hybridized carbons (Fsp3) is 0.882. The highest BCUT2D eigenvalue weighted by molar-refractivity contribution is 5.75. The first-order valence-electron chi connectivity index (χ1n) is 8.35. The third-order valence-corrected chi connectivity index (χ3v) is 3.69. The fourth-order valence-electron chi connectivity index (χ4n) is 2.51. The van der Waals surface area contributed by atoms with Gasteiger partial charge in [0.1, 0.15) is 0 Å². The Morgan fingerprint density at radius 2 is 1.91 bits per heavy atom. The summed E-state index contributed by atoms with van der Waals surface area (Å²) in [4.78, 5) is 25.8. The number of ether oxygens (including phenoxy) is 2. The maximum absolute atomic E-state index is 12.3. The van der Waals surface area contributed by atoms with Crippen LogP contribution in [0.2, 0.25) is 0 Å². The van der Waals surface area contributed by atoms with Crippen LogP contribution in [0, 0.1) is 17.3 Å². The van der Waals surface area contributed by atoms with E-state index >= 15 is 0 Å². The molecule has 6 nitrogen and oxygen atoms in total. The number of piperidine rings is 1. The molecular weight excluding hydrogens is 296 g/mol. The Hall–Kier alpha value is -1.30. The molecule has 1 N–H and O–H groups in total. The van der Waals surface area contributed by atoms with Gasteiger partial charge in [-0.2, -0.15) is 0 Å². The van der Waals surface area contributed by atoms with Gasteiger partial charge in [0.05, 0.1) is 19.6 Å². The lowest BCUT2D eigenvalue weighted by atomic mass is 9.94. The Balaban J connectivity index is 2.68. The summed E-state index contributed by atoms with van der Waals surface area (Å²) < 4.78 is 10.2. The quantitative estimate of drug-likeness (QED) is 0.784. The molecular formula is C17H32N2O4. The molecule has 0 spiro atoms. The Kier molecular flexibility index (Phi) is 7.32. The minimum Gasteiger partial charge on any atom is -0.469 e. The smallest absolute Gasteiger partial charge is 0.409 e. The van der Waals surface area contributed by atoms with Crippen LogP contribution in [0.1, 0.15) is 41.0 Å². The van der Waals surface area contributed by atoms with Crippen molar-refractivity contribution in [2.75, 3.05) is 33.4 Å². The van der Waals surface area contributed by atoms with Crippen molar-refractivity contribution in [3.63, 3.8) is 0 Å². The minimum absolute atomic E-state index is 0.0809. The van der Waals surface area contributed by atoms with Crippen LogP contribution in [-0.2, 0) is 14.3 Å². The van der Waals surface area contributed by atoms with E-state index in [1.807, 2.05) is 20.8 Å². The number of hydrogen-bond acceptors (Lipinski definition) is 5. The highest BCUT2D eigenvalue weighted by Crippen LogP contribution is 2.21. The minimum atomic E-state index is -0.357. The van der Waals surface area contributed by atoms with E-state index in [0.717, 1.165) is 6.54 Å². The predicted molar refractivity (Wildman–Crippen MR) is 89.1 cm³/mol. The zero-order valence-corrected chi connectivity index (χ0v) is 15.3. The molecule has 0 aliphatic carbocycles. The van der Waals surface area contributed by atoms with E-state index in [1.54, 1.807) is 4.90 Å². The summed E-state index contributed by atoms with van der Waals surface area (Å²) in [6, 6.07) is 0.0810. The zero-order valence-electron chi connectivity index (χ0n) is 15.3. The number of nitrogens with one attached hydrogen (secondary N) is 1. The molecule has 2 atom stereocenters. The van der Waals surface area contributed by atoms with Gasteiger partial charge >= 0.3 is 12.1 Å². The molecule has 1 saturated heterocycles. The van der Waals surface area contributed by atoms with Crippen molar-refractivity contribution >= 4 is 12.1 Å². The van der Waals surface area contributed by atoms with Gasteiger partial charge in [-0.1, -0.05) is 34.6 Å². The summed E-state index contributed by atoms with van der Waals surface area (Å²) in [6.45, 7) is 12.4. The van der Waals surface area contributed by atoms with Crippen LogP contribution < -0.4 is 5.32 Å². The van der Waals surface area contributed by atoms with Gasteiger partial charge in [0.15, 0.2) is 0 Å². The van der Waals surface area contributed by atoms with E-state index < -0.39 is 0 Å². The van der Waals surface area contributed by atoms with Crippen LogP contribution >= 0.6 is 0 Å². The number of rotatable bonds is 5. The van der Waals surface area contributed by atoms with E-state index in [0.29, 0.717) is 32.0 Å². The summed E-state index contributed by atoms with van der Waals surface area (Å²) in [7, 11) is 1.38. The first kappa shape index (κ1) is 19.7. The number of carbonyl (C=O) groups excluding carboxylic acids is 2. The van der Waals surface area contributed by atoms with Gasteiger partial charge in [0, 0.05) is 19.1 Å². The second-order valence-corrected chi connectivity index (χ2v) is 7.98. The van der Waals surface area contributed by atoms with Crippen molar-refractivity contribution in [3.8, 4) is 0 Å². The van der Waals surface area contributed by atoms with Gasteiger partial charge in [-0.15, -0.1) is 0 Å². The SMILES string of the molecule is COC(=O)[C@@H]1C[C@H](NCC(C)C)CN(C(=O)OCC(C)(C)C)C1. The van der Waals surface area contributed by atoms with Crippen LogP contribution in [0.5, 0.6) is 0 Å². The van der Waals surface area contributed by atoms with Crippen molar-refractivity contribution in [2.45, 2.75) is 47.1 Å². The van der Waals surface area contributed by atoms with Gasteiger partial charge in [-0.25, -0.2) is 4.79 Å². The average Bonchev–Trinajstić information content (AvgIpc) is 2.48. The second-order valence-electron chi connectivity index (χ2n) is 7.98. The lowest BCUT2D eigenvalue weighted by Gasteiger charge is -2.37. The Labute approximate surface area is 139 Å². The average molecular weight is 328 g/mol. The van der Waals surface area contributed by atoms with E-state index in [1.165, 1.54) is 7.11 Å². The molecule has 1 amide bonds. The first-order valence-corrected chi connectivity index (χ1v) is 8.35. The van der Waals surface area contributed by atoms with Crippen LogP contribution in [0.4, 0.5) is 4.79 Å². The van der Waals surface area contributed by atoms with Crippen LogP contribution in [-0.4, -0.2) is 56.4 Å². The first-order chi connectivity index (χ1) is 10.6. The topological polar surface area (TPSA) is 67.9 Å². The lowest BCUT2D eigenvalue weighted by molar-refractivity contribution is -0.147. The maximum Gasteiger partial charge on any atom is 0.409 e. The van der Waals surface area contributed by atoms with Gasteiger partial charge in [-0.05, 0) is 24.3 Å². The molecule has 0 bridgehead atoms. The second kappa shape index (κ2) is 8.52. The van der Waals surface area contributed by atoms with Gasteiger partial charge < -0.3 is 19.7 Å². The third kappa shape index (κ3) is 7.20. The van der Waals surface area contributed by atoms with E-state index in [2.05, 4.69) is 19.2 Å². The number of carbonyl (C=O) groups is 2. The van der Waals surface area contributed by atoms with Crippen LogP contribution in [0.3, 0.4) is 0 Å². The number of nitrogens with zero attached hydrogens (tertiary/aromatic N) is 1. The largest absolute Gasteiger partial charge is 0.469 e. The Bertz CT molecular complexity index is 404. The van der Waals surface area contributed by atoms with E-state index in [-0.39, 0.29) is 29.4 Å². The highest BCUT2D eigenvalue weighted by atomic mass is 16.6. The van der Waals surface area contributed by atoms with Crippen molar-refractivity contribution in [1.82, 2.24) is 10.2 Å². The van der Waals surface area contributed by atoms with Crippen molar-refractivity contribution in [1.29, 1.82) is 0 Å². The lowest BCUT2D eigenvalue weighted by Crippen LogP contribution is -2.53. The molecule has 0 unspecified atom stereocenters. The summed E-state index contributed by atoms with van der Waals surface area (Å²) in [5.74, 6) is -0.0648. The highest BCUT2D eigenvalue weighted by Gasteiger charge is 2.35. The number of hydrogen-bond donors (Lipinski definition) is 1. The molecule has 1 fully saturated rings. The number of likely N-dealkylation sites (tertiary alicyclic amines) is 1. The predicted octanol–water partition coefficient (Wildman–Crippen LogP) is 2.28. The molecule has 0 radical (unpaired) electrons. The normalized spacial score (nSPS) is 22.1. The molecule has 1 aliphatic rings. The Morgan fingerprint density at radius 3 is 2.43 bits per heavy atom. The molecule has 1 aliphatic heterocycles. The molecule has 1 rings (SSSR count). The summed E-state index contributed by atoms with van der Waals surface area (Å²) in [5.41, 5.74) is -0.0809. The summed E-state index contributed by atoms with van der Waals surface area (Å²) in [5, 5.41) is 3.43. The molecule has 0 saturated carbocycles. The molecule has 6 heteroatoms. The van der Waals surface area contributed by atoms with Crippen LogP contribution in [0.15, 0.2) is 0 Å². The third-order valence-electron chi connectivity index (χ3n) is 3.69. The van der Waals surface area contributed by atoms with Gasteiger partial charge in [0.25, 0.3) is 0 Å². The summed E-state index contributed by atoms with van der Waals surface area (Å²) in [6.07, 6.45) is 0.326. The number of methoxy groups -OCH3 is 1. The Morgan fingerprint density at radius 1 is 1.26 bits per heavy atom. The van der Waals surface area contributed by atoms with Crippen LogP contribution in [0.25, 0.3) is 0 Å². The maximum atomic E-state index is 12.3. The molecule has 0 aromatic heterocycles. The molecule has 0 aromatic carbocycles. The number of amides is 1. The van der Waals surface area contributed by atoms with E-state index in [9.17, 15) is 9.59 Å². The monoisotopic (exact) mass is 328 g/mol. The summed E-state index contributed by atoms with van der Waals surface area (Å²) >= 11 is 0.